The van der Waals surface area contributed by atoms with Crippen LogP contribution in [0.4, 0.5) is 0 Å². The van der Waals surface area contributed by atoms with Crippen molar-refractivity contribution >= 4 is 0 Å². The zero-order valence-electron chi connectivity index (χ0n) is 11.5. The van der Waals surface area contributed by atoms with Crippen LogP contribution >= 0.6 is 0 Å². The molecule has 3 rings (SSSR count). The molecule has 0 spiro atoms. The minimum absolute atomic E-state index is 0.308. The Morgan fingerprint density at radius 1 is 1.19 bits per heavy atom. The molecule has 0 aliphatic heterocycles. The van der Waals surface area contributed by atoms with Crippen LogP contribution in [0.2, 0.25) is 0 Å². The smallest absolute Gasteiger partial charge is 0.293 e. The second kappa shape index (κ2) is 5.90. The van der Waals surface area contributed by atoms with E-state index in [0.29, 0.717) is 29.8 Å². The van der Waals surface area contributed by atoms with Gasteiger partial charge in [-0.05, 0) is 17.7 Å². The van der Waals surface area contributed by atoms with E-state index < -0.39 is 0 Å². The first-order valence-corrected chi connectivity index (χ1v) is 6.52. The topological polar surface area (TPSA) is 87.3 Å². The first-order valence-electron chi connectivity index (χ1n) is 6.52. The minimum atomic E-state index is -0.382. The number of nitrogens with two attached hydrogens (primary N) is 1. The lowest BCUT2D eigenvalue weighted by atomic mass is 10.1. The Bertz CT molecular complexity index is 706. The number of nitrogens with zero attached hydrogens (tertiary/aromatic N) is 2. The van der Waals surface area contributed by atoms with Gasteiger partial charge in [-0.25, -0.2) is 0 Å². The van der Waals surface area contributed by atoms with Crippen molar-refractivity contribution < 1.29 is 13.7 Å². The van der Waals surface area contributed by atoms with Gasteiger partial charge in [0.05, 0.1) is 6.54 Å². The third kappa shape index (κ3) is 2.72. The third-order valence-electron chi connectivity index (χ3n) is 3.09. The average Bonchev–Trinajstić information content (AvgIpc) is 3.18. The van der Waals surface area contributed by atoms with E-state index in [2.05, 4.69) is 10.1 Å². The molecule has 6 nitrogen and oxygen atoms in total. The number of hydrogen-bond donors (Lipinski definition) is 1. The quantitative estimate of drug-likeness (QED) is 0.775. The van der Waals surface area contributed by atoms with Crippen molar-refractivity contribution in [1.29, 1.82) is 0 Å². The van der Waals surface area contributed by atoms with Crippen LogP contribution in [0.1, 0.15) is 23.3 Å². The summed E-state index contributed by atoms with van der Waals surface area (Å²) < 4.78 is 16.2. The molecule has 108 valence electrons. The molecule has 0 aliphatic carbocycles. The van der Waals surface area contributed by atoms with E-state index in [4.69, 9.17) is 19.4 Å². The molecule has 1 aromatic carbocycles. The molecule has 1 atom stereocenters. The fourth-order valence-electron chi connectivity index (χ4n) is 2.06. The summed E-state index contributed by atoms with van der Waals surface area (Å²) in [7, 11) is 1.60. The number of rotatable bonds is 5. The number of methoxy groups -OCH3 is 1. The summed E-state index contributed by atoms with van der Waals surface area (Å²) in [5.74, 6) is 1.92. The molecule has 2 N–H and O–H groups in total. The first-order chi connectivity index (χ1) is 10.3. The van der Waals surface area contributed by atoms with E-state index in [1.807, 2.05) is 30.3 Å². The summed E-state index contributed by atoms with van der Waals surface area (Å²) in [4.78, 5) is 4.34. The van der Waals surface area contributed by atoms with Crippen molar-refractivity contribution in [3.63, 3.8) is 0 Å². The Kier molecular flexibility index (Phi) is 3.81. The normalized spacial score (nSPS) is 12.5. The summed E-state index contributed by atoms with van der Waals surface area (Å²) in [6, 6.07) is 13.2. The summed E-state index contributed by atoms with van der Waals surface area (Å²) in [6.45, 7) is 0.325. The Morgan fingerprint density at radius 3 is 2.67 bits per heavy atom. The SMILES string of the molecule is COC(c1ccccc1)c1noc(-c2ccc(CN)o2)n1. The molecule has 21 heavy (non-hydrogen) atoms. The maximum Gasteiger partial charge on any atom is 0.293 e. The summed E-state index contributed by atoms with van der Waals surface area (Å²) in [6.07, 6.45) is -0.382. The molecule has 2 heterocycles. The van der Waals surface area contributed by atoms with Gasteiger partial charge in [-0.15, -0.1) is 0 Å². The molecule has 0 aliphatic rings. The van der Waals surface area contributed by atoms with Gasteiger partial charge < -0.3 is 19.4 Å². The van der Waals surface area contributed by atoms with Crippen molar-refractivity contribution in [3.05, 3.63) is 59.6 Å². The lowest BCUT2D eigenvalue weighted by molar-refractivity contribution is 0.126. The molecule has 0 radical (unpaired) electrons. The van der Waals surface area contributed by atoms with Crippen molar-refractivity contribution in [2.75, 3.05) is 7.11 Å². The average molecular weight is 285 g/mol. The van der Waals surface area contributed by atoms with E-state index in [1.54, 1.807) is 19.2 Å². The van der Waals surface area contributed by atoms with Gasteiger partial charge in [-0.1, -0.05) is 35.5 Å². The van der Waals surface area contributed by atoms with Crippen molar-refractivity contribution in [2.24, 2.45) is 5.73 Å². The van der Waals surface area contributed by atoms with Gasteiger partial charge in [-0.2, -0.15) is 4.98 Å². The van der Waals surface area contributed by atoms with Gasteiger partial charge in [0.15, 0.2) is 5.76 Å². The van der Waals surface area contributed by atoms with E-state index in [9.17, 15) is 0 Å². The molecule has 0 saturated carbocycles. The van der Waals surface area contributed by atoms with Crippen molar-refractivity contribution in [1.82, 2.24) is 10.1 Å². The van der Waals surface area contributed by atoms with E-state index in [1.165, 1.54) is 0 Å². The standard InChI is InChI=1S/C15H15N3O3/c1-19-13(10-5-3-2-4-6-10)14-17-15(21-18-14)12-8-7-11(9-16)20-12/h2-8,13H,9,16H2,1H3. The molecule has 0 bridgehead atoms. The summed E-state index contributed by atoms with van der Waals surface area (Å²) >= 11 is 0. The Hall–Kier alpha value is -2.44. The maximum absolute atomic E-state index is 5.51. The van der Waals surface area contributed by atoms with Crippen LogP contribution in [0.5, 0.6) is 0 Å². The van der Waals surface area contributed by atoms with Gasteiger partial charge in [0, 0.05) is 7.11 Å². The van der Waals surface area contributed by atoms with Crippen LogP contribution < -0.4 is 5.73 Å². The zero-order chi connectivity index (χ0) is 14.7. The highest BCUT2D eigenvalue weighted by Gasteiger charge is 2.21. The Labute approximate surface area is 121 Å². The Morgan fingerprint density at radius 2 is 2.00 bits per heavy atom. The second-order valence-electron chi connectivity index (χ2n) is 4.45. The minimum Gasteiger partial charge on any atom is -0.455 e. The highest BCUT2D eigenvalue weighted by molar-refractivity contribution is 5.44. The molecular formula is C15H15N3O3. The van der Waals surface area contributed by atoms with E-state index in [-0.39, 0.29) is 6.10 Å². The first kappa shape index (κ1) is 13.5. The monoisotopic (exact) mass is 285 g/mol. The fraction of sp³-hybridized carbons (Fsp3) is 0.200. The van der Waals surface area contributed by atoms with E-state index in [0.717, 1.165) is 5.56 Å². The van der Waals surface area contributed by atoms with Crippen molar-refractivity contribution in [2.45, 2.75) is 12.6 Å². The largest absolute Gasteiger partial charge is 0.455 e. The highest BCUT2D eigenvalue weighted by Crippen LogP contribution is 2.26. The van der Waals surface area contributed by atoms with Crippen LogP contribution in [0, 0.1) is 0 Å². The lowest BCUT2D eigenvalue weighted by Gasteiger charge is -2.10. The fourth-order valence-corrected chi connectivity index (χ4v) is 2.06. The summed E-state index contributed by atoms with van der Waals surface area (Å²) in [5, 5.41) is 3.97. The van der Waals surface area contributed by atoms with Gasteiger partial charge in [0.2, 0.25) is 5.82 Å². The van der Waals surface area contributed by atoms with Crippen LogP contribution in [0.3, 0.4) is 0 Å². The molecule has 0 fully saturated rings. The molecule has 1 unspecified atom stereocenters. The maximum atomic E-state index is 5.51. The molecule has 6 heteroatoms. The lowest BCUT2D eigenvalue weighted by Crippen LogP contribution is -2.05. The number of furan rings is 1. The highest BCUT2D eigenvalue weighted by atomic mass is 16.5. The zero-order valence-corrected chi connectivity index (χ0v) is 11.5. The van der Waals surface area contributed by atoms with Crippen LogP contribution in [0.15, 0.2) is 51.4 Å². The molecular weight excluding hydrogens is 270 g/mol. The van der Waals surface area contributed by atoms with Gasteiger partial charge in [0.25, 0.3) is 5.89 Å². The predicted octanol–water partition coefficient (Wildman–Crippen LogP) is 2.52. The van der Waals surface area contributed by atoms with Crippen LogP contribution in [-0.4, -0.2) is 17.3 Å². The Balaban J connectivity index is 1.90. The van der Waals surface area contributed by atoms with E-state index >= 15 is 0 Å². The van der Waals surface area contributed by atoms with Crippen molar-refractivity contribution in [3.8, 4) is 11.7 Å². The predicted molar refractivity (Wildman–Crippen MR) is 75.2 cm³/mol. The number of aromatic nitrogens is 2. The van der Waals surface area contributed by atoms with Crippen LogP contribution in [-0.2, 0) is 11.3 Å². The molecule has 2 aromatic heterocycles. The number of ether oxygens (including phenoxy) is 1. The van der Waals surface area contributed by atoms with Gasteiger partial charge >= 0.3 is 0 Å². The second-order valence-corrected chi connectivity index (χ2v) is 4.45. The number of benzene rings is 1. The van der Waals surface area contributed by atoms with Crippen LogP contribution in [0.25, 0.3) is 11.7 Å². The third-order valence-corrected chi connectivity index (χ3v) is 3.09. The summed E-state index contributed by atoms with van der Waals surface area (Å²) in [5.41, 5.74) is 6.46. The van der Waals surface area contributed by atoms with Gasteiger partial charge in [0.1, 0.15) is 11.9 Å². The van der Waals surface area contributed by atoms with Gasteiger partial charge in [-0.3, -0.25) is 0 Å². The number of hydrogen-bond acceptors (Lipinski definition) is 6. The molecule has 0 amide bonds. The molecule has 0 saturated heterocycles. The molecule has 3 aromatic rings.